The summed E-state index contributed by atoms with van der Waals surface area (Å²) in [6, 6.07) is 6.08. The fraction of sp³-hybridized carbons (Fsp3) is 0.611. The third kappa shape index (κ3) is 2.89. The first-order chi connectivity index (χ1) is 9.86. The Bertz CT molecular complexity index is 470. The van der Waals surface area contributed by atoms with Crippen molar-refractivity contribution in [3.63, 3.8) is 0 Å². The average Bonchev–Trinajstić information content (AvgIpc) is 2.46. The van der Waals surface area contributed by atoms with E-state index in [-0.39, 0.29) is 5.92 Å². The number of Topliss-reactive ketones (excluding diaryl/α,β-unsaturated/α-hetero) is 1. The summed E-state index contributed by atoms with van der Waals surface area (Å²) in [5.74, 6) is 1.42. The molecule has 108 valence electrons. The van der Waals surface area contributed by atoms with E-state index in [4.69, 9.17) is 4.74 Å². The SMILES string of the molecule is O=C(c1cccc2c1OCCC2)C1CCCCCCC1. The summed E-state index contributed by atoms with van der Waals surface area (Å²) in [7, 11) is 0. The minimum atomic E-state index is 0.215. The predicted molar refractivity (Wildman–Crippen MR) is 80.4 cm³/mol. The van der Waals surface area contributed by atoms with Gasteiger partial charge in [-0.15, -0.1) is 0 Å². The number of rotatable bonds is 2. The molecule has 2 heteroatoms. The van der Waals surface area contributed by atoms with Gasteiger partial charge in [0.05, 0.1) is 12.2 Å². The maximum atomic E-state index is 12.9. The quantitative estimate of drug-likeness (QED) is 0.738. The Kier molecular flexibility index (Phi) is 4.39. The molecular formula is C18H24O2. The van der Waals surface area contributed by atoms with Crippen LogP contribution in [0.4, 0.5) is 0 Å². The molecule has 0 saturated heterocycles. The Morgan fingerprint density at radius 2 is 1.75 bits per heavy atom. The molecule has 3 rings (SSSR count). The van der Waals surface area contributed by atoms with Crippen LogP contribution in [0.3, 0.4) is 0 Å². The van der Waals surface area contributed by atoms with Crippen LogP contribution in [-0.4, -0.2) is 12.4 Å². The van der Waals surface area contributed by atoms with Crippen LogP contribution in [0.1, 0.15) is 67.3 Å². The molecule has 20 heavy (non-hydrogen) atoms. The highest BCUT2D eigenvalue weighted by Crippen LogP contribution is 2.33. The molecule has 2 aliphatic rings. The van der Waals surface area contributed by atoms with E-state index in [1.54, 1.807) is 0 Å². The minimum Gasteiger partial charge on any atom is -0.493 e. The lowest BCUT2D eigenvalue weighted by atomic mass is 9.84. The van der Waals surface area contributed by atoms with Crippen molar-refractivity contribution in [2.45, 2.75) is 57.8 Å². The van der Waals surface area contributed by atoms with E-state index < -0.39 is 0 Å². The lowest BCUT2D eigenvalue weighted by molar-refractivity contribution is 0.0893. The Labute approximate surface area is 121 Å². The van der Waals surface area contributed by atoms with Gasteiger partial charge in [0.25, 0.3) is 0 Å². The molecule has 0 amide bonds. The molecule has 1 heterocycles. The van der Waals surface area contributed by atoms with Gasteiger partial charge in [0, 0.05) is 5.92 Å². The third-order valence-corrected chi connectivity index (χ3v) is 4.67. The van der Waals surface area contributed by atoms with Gasteiger partial charge in [0.15, 0.2) is 5.78 Å². The molecule has 1 fully saturated rings. The van der Waals surface area contributed by atoms with E-state index in [2.05, 4.69) is 6.07 Å². The van der Waals surface area contributed by atoms with Crippen LogP contribution in [-0.2, 0) is 6.42 Å². The topological polar surface area (TPSA) is 26.3 Å². The van der Waals surface area contributed by atoms with Crippen LogP contribution < -0.4 is 4.74 Å². The molecule has 0 unspecified atom stereocenters. The van der Waals surface area contributed by atoms with Crippen molar-refractivity contribution in [3.8, 4) is 5.75 Å². The molecule has 1 aliphatic heterocycles. The Morgan fingerprint density at radius 3 is 2.55 bits per heavy atom. The molecule has 0 spiro atoms. The summed E-state index contributed by atoms with van der Waals surface area (Å²) >= 11 is 0. The van der Waals surface area contributed by atoms with Gasteiger partial charge in [0.1, 0.15) is 5.75 Å². The zero-order valence-corrected chi connectivity index (χ0v) is 12.2. The Balaban J connectivity index is 1.82. The highest BCUT2D eigenvalue weighted by Gasteiger charge is 2.25. The van der Waals surface area contributed by atoms with Gasteiger partial charge in [-0.3, -0.25) is 4.79 Å². The second-order valence-electron chi connectivity index (χ2n) is 6.15. The van der Waals surface area contributed by atoms with Crippen LogP contribution in [0.25, 0.3) is 0 Å². The van der Waals surface area contributed by atoms with Crippen molar-refractivity contribution in [3.05, 3.63) is 29.3 Å². The van der Waals surface area contributed by atoms with E-state index >= 15 is 0 Å². The average molecular weight is 272 g/mol. The van der Waals surface area contributed by atoms with E-state index in [0.717, 1.165) is 43.6 Å². The zero-order valence-electron chi connectivity index (χ0n) is 12.2. The molecule has 0 aromatic heterocycles. The van der Waals surface area contributed by atoms with Crippen molar-refractivity contribution in [1.82, 2.24) is 0 Å². The van der Waals surface area contributed by atoms with Crippen molar-refractivity contribution < 1.29 is 9.53 Å². The van der Waals surface area contributed by atoms with E-state index in [9.17, 15) is 4.79 Å². The smallest absolute Gasteiger partial charge is 0.169 e. The number of ether oxygens (including phenoxy) is 1. The van der Waals surface area contributed by atoms with Gasteiger partial charge in [-0.05, 0) is 37.3 Å². The molecule has 1 saturated carbocycles. The van der Waals surface area contributed by atoms with Crippen molar-refractivity contribution in [2.75, 3.05) is 6.61 Å². The van der Waals surface area contributed by atoms with E-state index in [1.807, 2.05) is 12.1 Å². The lowest BCUT2D eigenvalue weighted by Crippen LogP contribution is -2.19. The van der Waals surface area contributed by atoms with Gasteiger partial charge in [-0.2, -0.15) is 0 Å². The minimum absolute atomic E-state index is 0.215. The fourth-order valence-corrected chi connectivity index (χ4v) is 3.52. The standard InChI is InChI=1S/C18H24O2/c19-17(14-8-4-2-1-3-5-9-14)16-12-6-10-15-11-7-13-20-18(15)16/h6,10,12,14H,1-5,7-9,11,13H2. The number of carbonyl (C=O) groups excluding carboxylic acids is 1. The highest BCUT2D eigenvalue weighted by atomic mass is 16.5. The summed E-state index contributed by atoms with van der Waals surface area (Å²) < 4.78 is 5.80. The van der Waals surface area contributed by atoms with Gasteiger partial charge in [0.2, 0.25) is 0 Å². The molecule has 0 atom stereocenters. The first-order valence-electron chi connectivity index (χ1n) is 8.15. The fourth-order valence-electron chi connectivity index (χ4n) is 3.52. The molecular weight excluding hydrogens is 248 g/mol. The highest BCUT2D eigenvalue weighted by molar-refractivity contribution is 6.00. The maximum Gasteiger partial charge on any atom is 0.169 e. The number of benzene rings is 1. The number of ketones is 1. The Morgan fingerprint density at radius 1 is 1.00 bits per heavy atom. The van der Waals surface area contributed by atoms with Crippen LogP contribution >= 0.6 is 0 Å². The summed E-state index contributed by atoms with van der Waals surface area (Å²) in [5, 5.41) is 0. The van der Waals surface area contributed by atoms with Crippen LogP contribution in [0.5, 0.6) is 5.75 Å². The van der Waals surface area contributed by atoms with Crippen LogP contribution in [0.2, 0.25) is 0 Å². The Hall–Kier alpha value is -1.31. The lowest BCUT2D eigenvalue weighted by Gasteiger charge is -2.23. The van der Waals surface area contributed by atoms with Crippen LogP contribution in [0, 0.1) is 5.92 Å². The number of fused-ring (bicyclic) bond motifs is 1. The molecule has 0 bridgehead atoms. The van der Waals surface area contributed by atoms with Gasteiger partial charge in [-0.1, -0.05) is 44.2 Å². The van der Waals surface area contributed by atoms with E-state index in [0.29, 0.717) is 5.78 Å². The predicted octanol–water partition coefficient (Wildman–Crippen LogP) is 4.55. The molecule has 0 radical (unpaired) electrons. The third-order valence-electron chi connectivity index (χ3n) is 4.67. The summed E-state index contributed by atoms with van der Waals surface area (Å²) in [4.78, 5) is 12.9. The van der Waals surface area contributed by atoms with Crippen LogP contribution in [0.15, 0.2) is 18.2 Å². The largest absolute Gasteiger partial charge is 0.493 e. The summed E-state index contributed by atoms with van der Waals surface area (Å²) in [5.41, 5.74) is 2.06. The first-order valence-corrected chi connectivity index (χ1v) is 8.15. The second-order valence-corrected chi connectivity index (χ2v) is 6.15. The maximum absolute atomic E-state index is 12.9. The summed E-state index contributed by atoms with van der Waals surface area (Å²) in [6.07, 6.45) is 10.5. The van der Waals surface area contributed by atoms with Gasteiger partial charge < -0.3 is 4.74 Å². The van der Waals surface area contributed by atoms with E-state index in [1.165, 1.54) is 37.7 Å². The second kappa shape index (κ2) is 6.43. The number of hydrogen-bond acceptors (Lipinski definition) is 2. The van der Waals surface area contributed by atoms with Crippen molar-refractivity contribution >= 4 is 5.78 Å². The molecule has 1 aliphatic carbocycles. The number of aryl methyl sites for hydroxylation is 1. The molecule has 2 nitrogen and oxygen atoms in total. The molecule has 1 aromatic carbocycles. The van der Waals surface area contributed by atoms with Crippen molar-refractivity contribution in [1.29, 1.82) is 0 Å². The molecule has 1 aromatic rings. The summed E-state index contributed by atoms with van der Waals surface area (Å²) in [6.45, 7) is 0.752. The number of para-hydroxylation sites is 1. The number of hydrogen-bond donors (Lipinski definition) is 0. The number of carbonyl (C=O) groups is 1. The first kappa shape index (κ1) is 13.7. The molecule has 0 N–H and O–H groups in total. The van der Waals surface area contributed by atoms with Gasteiger partial charge >= 0.3 is 0 Å². The monoisotopic (exact) mass is 272 g/mol. The zero-order chi connectivity index (χ0) is 13.8. The normalized spacial score (nSPS) is 20.4. The van der Waals surface area contributed by atoms with Crippen molar-refractivity contribution in [2.24, 2.45) is 5.92 Å². The van der Waals surface area contributed by atoms with Gasteiger partial charge in [-0.25, -0.2) is 0 Å².